The van der Waals surface area contributed by atoms with E-state index in [1.165, 1.54) is 6.07 Å². The summed E-state index contributed by atoms with van der Waals surface area (Å²) in [4.78, 5) is 18.6. The summed E-state index contributed by atoms with van der Waals surface area (Å²) in [6.07, 6.45) is 5.04. The fourth-order valence-corrected chi connectivity index (χ4v) is 3.55. The molecule has 2 aromatic rings. The number of piperidine rings is 1. The van der Waals surface area contributed by atoms with Crippen LogP contribution in [0.25, 0.3) is 6.08 Å². The third-order valence-electron chi connectivity index (χ3n) is 4.33. The van der Waals surface area contributed by atoms with E-state index < -0.39 is 0 Å². The van der Waals surface area contributed by atoms with E-state index >= 15 is 0 Å². The molecule has 0 bridgehead atoms. The number of carbonyl (C=O) groups is 1. The molecule has 0 unspecified atom stereocenters. The largest absolute Gasteiger partial charge is 0.350 e. The van der Waals surface area contributed by atoms with Gasteiger partial charge in [-0.05, 0) is 31.9 Å². The van der Waals surface area contributed by atoms with E-state index in [1.54, 1.807) is 29.6 Å². The molecule has 0 aliphatic carbocycles. The molecule has 132 valence electrons. The first-order valence-electron chi connectivity index (χ1n) is 8.46. The Bertz CT molecular complexity index is 751. The van der Waals surface area contributed by atoms with Crippen LogP contribution in [-0.2, 0) is 11.3 Å². The quantitative estimate of drug-likeness (QED) is 0.833. The van der Waals surface area contributed by atoms with Crippen molar-refractivity contribution in [3.05, 3.63) is 57.8 Å². The molecule has 4 nitrogen and oxygen atoms in total. The van der Waals surface area contributed by atoms with Gasteiger partial charge < -0.3 is 5.32 Å². The molecular weight excluding hydrogens is 337 g/mol. The second-order valence-corrected chi connectivity index (χ2v) is 7.34. The van der Waals surface area contributed by atoms with Crippen molar-refractivity contribution in [3.8, 4) is 0 Å². The summed E-state index contributed by atoms with van der Waals surface area (Å²) in [5.41, 5.74) is 1.55. The number of hydrogen-bond donors (Lipinski definition) is 1. The number of amides is 1. The predicted molar refractivity (Wildman–Crippen MR) is 98.7 cm³/mol. The second kappa shape index (κ2) is 8.36. The Balaban J connectivity index is 1.44. The molecule has 25 heavy (non-hydrogen) atoms. The van der Waals surface area contributed by atoms with Crippen LogP contribution in [-0.4, -0.2) is 34.9 Å². The third kappa shape index (κ3) is 5.21. The number of aromatic nitrogens is 1. The van der Waals surface area contributed by atoms with E-state index in [4.69, 9.17) is 0 Å². The Morgan fingerprint density at radius 3 is 2.84 bits per heavy atom. The van der Waals surface area contributed by atoms with Crippen molar-refractivity contribution in [1.82, 2.24) is 15.2 Å². The molecule has 2 heterocycles. The van der Waals surface area contributed by atoms with Gasteiger partial charge in [-0.3, -0.25) is 9.69 Å². The lowest BCUT2D eigenvalue weighted by atomic mass is 10.0. The first-order chi connectivity index (χ1) is 12.1. The normalized spacial score (nSPS) is 16.4. The van der Waals surface area contributed by atoms with E-state index in [-0.39, 0.29) is 17.8 Å². The van der Waals surface area contributed by atoms with Gasteiger partial charge in [0.2, 0.25) is 5.91 Å². The van der Waals surface area contributed by atoms with Gasteiger partial charge in [0.15, 0.2) is 0 Å². The van der Waals surface area contributed by atoms with Crippen molar-refractivity contribution in [3.63, 3.8) is 0 Å². The first-order valence-corrected chi connectivity index (χ1v) is 9.34. The summed E-state index contributed by atoms with van der Waals surface area (Å²) in [7, 11) is 0. The van der Waals surface area contributed by atoms with Crippen molar-refractivity contribution in [1.29, 1.82) is 0 Å². The molecular formula is C19H22FN3OS. The molecule has 1 saturated heterocycles. The SMILES string of the molecule is Cc1nc(C=CC(=O)NC2CCN(Cc3ccccc3F)CC2)cs1. The summed E-state index contributed by atoms with van der Waals surface area (Å²) >= 11 is 1.57. The molecule has 0 radical (unpaired) electrons. The molecule has 1 aliphatic rings. The van der Waals surface area contributed by atoms with Crippen molar-refractivity contribution >= 4 is 23.3 Å². The summed E-state index contributed by atoms with van der Waals surface area (Å²) in [6.45, 7) is 4.27. The molecule has 3 rings (SSSR count). The van der Waals surface area contributed by atoms with Crippen LogP contribution in [0.5, 0.6) is 0 Å². The highest BCUT2D eigenvalue weighted by Gasteiger charge is 2.20. The van der Waals surface area contributed by atoms with Crippen LogP contribution in [0.2, 0.25) is 0 Å². The third-order valence-corrected chi connectivity index (χ3v) is 5.12. The number of nitrogens with zero attached hydrogens (tertiary/aromatic N) is 2. The maximum Gasteiger partial charge on any atom is 0.244 e. The maximum absolute atomic E-state index is 13.7. The number of rotatable bonds is 5. The van der Waals surface area contributed by atoms with E-state index in [1.807, 2.05) is 24.4 Å². The van der Waals surface area contributed by atoms with Gasteiger partial charge >= 0.3 is 0 Å². The second-order valence-electron chi connectivity index (χ2n) is 6.28. The van der Waals surface area contributed by atoms with E-state index in [9.17, 15) is 9.18 Å². The molecule has 6 heteroatoms. The monoisotopic (exact) mass is 359 g/mol. The molecule has 1 N–H and O–H groups in total. The van der Waals surface area contributed by atoms with Crippen molar-refractivity contribution in [2.75, 3.05) is 13.1 Å². The van der Waals surface area contributed by atoms with Gasteiger partial charge in [0, 0.05) is 42.7 Å². The van der Waals surface area contributed by atoms with Crippen LogP contribution in [0.3, 0.4) is 0 Å². The number of thiazole rings is 1. The van der Waals surface area contributed by atoms with Gasteiger partial charge in [0.05, 0.1) is 10.7 Å². The number of hydrogen-bond acceptors (Lipinski definition) is 4. The molecule has 0 saturated carbocycles. The van der Waals surface area contributed by atoms with Gasteiger partial charge in [-0.15, -0.1) is 11.3 Å². The minimum atomic E-state index is -0.152. The van der Waals surface area contributed by atoms with Crippen LogP contribution in [0.15, 0.2) is 35.7 Å². The van der Waals surface area contributed by atoms with Crippen LogP contribution in [0.1, 0.15) is 29.1 Å². The summed E-state index contributed by atoms with van der Waals surface area (Å²) in [5.74, 6) is -0.237. The average Bonchev–Trinajstić information content (AvgIpc) is 3.02. The zero-order chi connectivity index (χ0) is 17.6. The smallest absolute Gasteiger partial charge is 0.244 e. The van der Waals surface area contributed by atoms with Crippen molar-refractivity contribution in [2.24, 2.45) is 0 Å². The maximum atomic E-state index is 13.7. The van der Waals surface area contributed by atoms with Gasteiger partial charge in [0.1, 0.15) is 5.82 Å². The predicted octanol–water partition coefficient (Wildman–Crippen LogP) is 3.38. The Hall–Kier alpha value is -2.05. The van der Waals surface area contributed by atoms with E-state index in [0.717, 1.165) is 42.2 Å². The first kappa shape index (κ1) is 17.8. The number of aryl methyl sites for hydroxylation is 1. The molecule has 1 amide bonds. The standard InChI is InChI=1S/C19H22FN3OS/c1-14-21-17(13-25-14)6-7-19(24)22-16-8-10-23(11-9-16)12-15-4-2-3-5-18(15)20/h2-7,13,16H,8-12H2,1H3,(H,22,24). The fourth-order valence-electron chi connectivity index (χ4n) is 2.97. The number of halogens is 1. The van der Waals surface area contributed by atoms with Crippen LogP contribution >= 0.6 is 11.3 Å². The summed E-state index contributed by atoms with van der Waals surface area (Å²) in [5, 5.41) is 5.96. The van der Waals surface area contributed by atoms with Gasteiger partial charge in [0.25, 0.3) is 0 Å². The lowest BCUT2D eigenvalue weighted by Gasteiger charge is -2.32. The van der Waals surface area contributed by atoms with E-state index in [0.29, 0.717) is 6.54 Å². The lowest BCUT2D eigenvalue weighted by molar-refractivity contribution is -0.117. The number of carbonyl (C=O) groups excluding carboxylic acids is 1. The minimum Gasteiger partial charge on any atom is -0.350 e. The topological polar surface area (TPSA) is 45.2 Å². The zero-order valence-electron chi connectivity index (χ0n) is 14.2. The highest BCUT2D eigenvalue weighted by Crippen LogP contribution is 2.16. The van der Waals surface area contributed by atoms with Crippen LogP contribution in [0, 0.1) is 12.7 Å². The van der Waals surface area contributed by atoms with E-state index in [2.05, 4.69) is 15.2 Å². The highest BCUT2D eigenvalue weighted by molar-refractivity contribution is 7.09. The minimum absolute atomic E-state index is 0.0850. The van der Waals surface area contributed by atoms with Gasteiger partial charge in [-0.1, -0.05) is 18.2 Å². The molecule has 1 aromatic carbocycles. The van der Waals surface area contributed by atoms with Crippen molar-refractivity contribution in [2.45, 2.75) is 32.4 Å². The molecule has 1 fully saturated rings. The molecule has 0 spiro atoms. The highest BCUT2D eigenvalue weighted by atomic mass is 32.1. The number of benzene rings is 1. The Labute approximate surface area is 151 Å². The average molecular weight is 359 g/mol. The van der Waals surface area contributed by atoms with Gasteiger partial charge in [-0.25, -0.2) is 9.37 Å². The molecule has 1 aliphatic heterocycles. The van der Waals surface area contributed by atoms with Crippen LogP contribution < -0.4 is 5.32 Å². The Morgan fingerprint density at radius 2 is 2.16 bits per heavy atom. The number of likely N-dealkylation sites (tertiary alicyclic amines) is 1. The molecule has 1 aromatic heterocycles. The summed E-state index contributed by atoms with van der Waals surface area (Å²) in [6, 6.07) is 7.07. The Kier molecular flexibility index (Phi) is 5.94. The Morgan fingerprint density at radius 1 is 1.40 bits per heavy atom. The summed E-state index contributed by atoms with van der Waals surface area (Å²) < 4.78 is 13.7. The van der Waals surface area contributed by atoms with Crippen LogP contribution in [0.4, 0.5) is 4.39 Å². The fraction of sp³-hybridized carbons (Fsp3) is 0.368. The lowest BCUT2D eigenvalue weighted by Crippen LogP contribution is -2.44. The van der Waals surface area contributed by atoms with Crippen molar-refractivity contribution < 1.29 is 9.18 Å². The number of nitrogens with one attached hydrogen (secondary N) is 1. The van der Waals surface area contributed by atoms with Gasteiger partial charge in [-0.2, -0.15) is 0 Å². The zero-order valence-corrected chi connectivity index (χ0v) is 15.1. The molecule has 0 atom stereocenters.